The maximum Gasteiger partial charge on any atom is 0.231 e. The summed E-state index contributed by atoms with van der Waals surface area (Å²) in [5.41, 5.74) is 9.32. The molecule has 1 fully saturated rings. The van der Waals surface area contributed by atoms with Gasteiger partial charge < -0.3 is 5.32 Å². The standard InChI is InChI=1S/C11H10N4O/c12-15-14-10-9(13-11(10)16)7-6-8-4-2-1-3-5-8/h1-7,9-10H,(H,13,16)/b7-6+. The topological polar surface area (TPSA) is 77.9 Å². The van der Waals surface area contributed by atoms with E-state index in [1.54, 1.807) is 0 Å². The van der Waals surface area contributed by atoms with Crippen molar-refractivity contribution in [2.45, 2.75) is 12.1 Å². The first-order chi connectivity index (χ1) is 7.81. The van der Waals surface area contributed by atoms with Crippen LogP contribution in [-0.4, -0.2) is 18.0 Å². The summed E-state index contributed by atoms with van der Waals surface area (Å²) in [6.45, 7) is 0. The zero-order valence-electron chi connectivity index (χ0n) is 8.45. The minimum atomic E-state index is -0.607. The van der Waals surface area contributed by atoms with Crippen LogP contribution in [0.15, 0.2) is 41.5 Å². The van der Waals surface area contributed by atoms with Crippen LogP contribution in [0.3, 0.4) is 0 Å². The first-order valence-corrected chi connectivity index (χ1v) is 4.89. The molecule has 5 nitrogen and oxygen atoms in total. The Morgan fingerprint density at radius 2 is 2.12 bits per heavy atom. The van der Waals surface area contributed by atoms with E-state index in [2.05, 4.69) is 15.3 Å². The predicted molar refractivity (Wildman–Crippen MR) is 60.3 cm³/mol. The van der Waals surface area contributed by atoms with Gasteiger partial charge in [-0.2, -0.15) is 0 Å². The monoisotopic (exact) mass is 214 g/mol. The molecule has 0 spiro atoms. The quantitative estimate of drug-likeness (QED) is 0.354. The molecule has 1 saturated heterocycles. The van der Waals surface area contributed by atoms with Gasteiger partial charge in [-0.25, -0.2) is 0 Å². The van der Waals surface area contributed by atoms with Crippen molar-refractivity contribution in [3.8, 4) is 0 Å². The Bertz CT molecular complexity index is 460. The van der Waals surface area contributed by atoms with E-state index in [0.29, 0.717) is 0 Å². The Hall–Kier alpha value is -2.26. The van der Waals surface area contributed by atoms with E-state index in [4.69, 9.17) is 5.53 Å². The predicted octanol–water partition coefficient (Wildman–Crippen LogP) is 1.88. The van der Waals surface area contributed by atoms with Crippen molar-refractivity contribution in [2.24, 2.45) is 5.11 Å². The van der Waals surface area contributed by atoms with Crippen molar-refractivity contribution in [1.29, 1.82) is 0 Å². The summed E-state index contributed by atoms with van der Waals surface area (Å²) >= 11 is 0. The summed E-state index contributed by atoms with van der Waals surface area (Å²) in [6.07, 6.45) is 3.72. The second-order valence-corrected chi connectivity index (χ2v) is 3.45. The fourth-order valence-electron chi connectivity index (χ4n) is 1.51. The third-order valence-electron chi connectivity index (χ3n) is 2.39. The van der Waals surface area contributed by atoms with Gasteiger partial charge in [0.25, 0.3) is 0 Å². The number of hydrogen-bond acceptors (Lipinski definition) is 2. The normalized spacial score (nSPS) is 23.4. The van der Waals surface area contributed by atoms with Gasteiger partial charge >= 0.3 is 0 Å². The van der Waals surface area contributed by atoms with Gasteiger partial charge in [0.15, 0.2) is 0 Å². The number of azide groups is 1. The number of rotatable bonds is 3. The lowest BCUT2D eigenvalue weighted by molar-refractivity contribution is -0.129. The van der Waals surface area contributed by atoms with Crippen LogP contribution in [0.25, 0.3) is 16.5 Å². The Kier molecular flexibility index (Phi) is 2.89. The highest BCUT2D eigenvalue weighted by molar-refractivity contribution is 5.90. The second-order valence-electron chi connectivity index (χ2n) is 3.45. The van der Waals surface area contributed by atoms with Gasteiger partial charge in [-0.05, 0) is 11.1 Å². The average molecular weight is 214 g/mol. The smallest absolute Gasteiger partial charge is 0.231 e. The number of hydrogen-bond donors (Lipinski definition) is 1. The largest absolute Gasteiger partial charge is 0.349 e. The number of nitrogens with zero attached hydrogens (tertiary/aromatic N) is 3. The van der Waals surface area contributed by atoms with Crippen molar-refractivity contribution in [3.63, 3.8) is 0 Å². The zero-order valence-corrected chi connectivity index (χ0v) is 8.45. The molecule has 0 saturated carbocycles. The van der Waals surface area contributed by atoms with Crippen LogP contribution in [0.4, 0.5) is 0 Å². The molecule has 5 heteroatoms. The molecule has 2 atom stereocenters. The molecule has 1 heterocycles. The number of β-lactam (4-membered cyclic amide) rings is 1. The maximum absolute atomic E-state index is 11.0. The summed E-state index contributed by atoms with van der Waals surface area (Å²) in [5, 5.41) is 6.08. The molecule has 1 aliphatic heterocycles. The summed E-state index contributed by atoms with van der Waals surface area (Å²) in [6, 6.07) is 8.92. The SMILES string of the molecule is [N-]=[N+]=NC1C(=O)NC1/C=C/c1ccccc1. The number of carbonyl (C=O) groups excluding carboxylic acids is 1. The third kappa shape index (κ3) is 2.04. The van der Waals surface area contributed by atoms with Gasteiger partial charge in [-0.15, -0.1) is 0 Å². The molecular formula is C11H10N4O. The minimum Gasteiger partial charge on any atom is -0.349 e. The molecule has 80 valence electrons. The molecular weight excluding hydrogens is 204 g/mol. The maximum atomic E-state index is 11.0. The molecule has 2 unspecified atom stereocenters. The van der Waals surface area contributed by atoms with Crippen LogP contribution in [0, 0.1) is 0 Å². The van der Waals surface area contributed by atoms with Crippen LogP contribution in [0.5, 0.6) is 0 Å². The van der Waals surface area contributed by atoms with Crippen molar-refractivity contribution in [1.82, 2.24) is 5.32 Å². The van der Waals surface area contributed by atoms with Crippen LogP contribution in [0.2, 0.25) is 0 Å². The van der Waals surface area contributed by atoms with Crippen molar-refractivity contribution in [2.75, 3.05) is 0 Å². The number of nitrogens with one attached hydrogen (secondary N) is 1. The highest BCUT2D eigenvalue weighted by Gasteiger charge is 2.36. The van der Waals surface area contributed by atoms with E-state index >= 15 is 0 Å². The molecule has 0 radical (unpaired) electrons. The Morgan fingerprint density at radius 3 is 2.75 bits per heavy atom. The van der Waals surface area contributed by atoms with Gasteiger partial charge in [0, 0.05) is 4.91 Å². The van der Waals surface area contributed by atoms with Crippen LogP contribution in [0.1, 0.15) is 5.56 Å². The minimum absolute atomic E-state index is 0.191. The van der Waals surface area contributed by atoms with E-state index in [9.17, 15) is 4.79 Å². The van der Waals surface area contributed by atoms with Crippen LogP contribution >= 0.6 is 0 Å². The molecule has 2 rings (SSSR count). The average Bonchev–Trinajstić information content (AvgIpc) is 2.32. The first-order valence-electron chi connectivity index (χ1n) is 4.89. The van der Waals surface area contributed by atoms with Gasteiger partial charge in [0.1, 0.15) is 6.04 Å². The van der Waals surface area contributed by atoms with E-state index in [1.807, 2.05) is 42.5 Å². The molecule has 0 aliphatic carbocycles. The molecule has 1 N–H and O–H groups in total. The summed E-state index contributed by atoms with van der Waals surface area (Å²) in [5.74, 6) is -0.222. The first kappa shape index (κ1) is 10.3. The third-order valence-corrected chi connectivity index (χ3v) is 2.39. The lowest BCUT2D eigenvalue weighted by Crippen LogP contribution is -2.60. The fourth-order valence-corrected chi connectivity index (χ4v) is 1.51. The van der Waals surface area contributed by atoms with Crippen molar-refractivity contribution in [3.05, 3.63) is 52.4 Å². The lowest BCUT2D eigenvalue weighted by atomic mass is 9.99. The van der Waals surface area contributed by atoms with Crippen molar-refractivity contribution < 1.29 is 4.79 Å². The lowest BCUT2D eigenvalue weighted by Gasteiger charge is -2.31. The van der Waals surface area contributed by atoms with Crippen LogP contribution in [-0.2, 0) is 4.79 Å². The number of benzene rings is 1. The molecule has 16 heavy (non-hydrogen) atoms. The number of amides is 1. The van der Waals surface area contributed by atoms with Crippen molar-refractivity contribution >= 4 is 12.0 Å². The Labute approximate surface area is 92.4 Å². The summed E-state index contributed by atoms with van der Waals surface area (Å²) < 4.78 is 0. The summed E-state index contributed by atoms with van der Waals surface area (Å²) in [7, 11) is 0. The van der Waals surface area contributed by atoms with E-state index in [0.717, 1.165) is 5.56 Å². The molecule has 0 bridgehead atoms. The molecule has 1 aliphatic rings. The fraction of sp³-hybridized carbons (Fsp3) is 0.182. The van der Waals surface area contributed by atoms with Gasteiger partial charge in [0.05, 0.1) is 6.04 Å². The molecule has 1 amide bonds. The highest BCUT2D eigenvalue weighted by atomic mass is 16.2. The molecule has 1 aromatic carbocycles. The molecule has 0 aromatic heterocycles. The summed E-state index contributed by atoms with van der Waals surface area (Å²) in [4.78, 5) is 13.7. The number of carbonyl (C=O) groups is 1. The molecule has 1 aromatic rings. The van der Waals surface area contributed by atoms with Gasteiger partial charge in [-0.1, -0.05) is 47.6 Å². The van der Waals surface area contributed by atoms with Gasteiger partial charge in [-0.3, -0.25) is 4.79 Å². The van der Waals surface area contributed by atoms with E-state index < -0.39 is 6.04 Å². The zero-order chi connectivity index (χ0) is 11.4. The van der Waals surface area contributed by atoms with Gasteiger partial charge in [0.2, 0.25) is 5.91 Å². The van der Waals surface area contributed by atoms with E-state index in [1.165, 1.54) is 0 Å². The Morgan fingerprint density at radius 1 is 1.38 bits per heavy atom. The highest BCUT2D eigenvalue weighted by Crippen LogP contribution is 2.14. The van der Waals surface area contributed by atoms with E-state index in [-0.39, 0.29) is 11.9 Å². The van der Waals surface area contributed by atoms with Crippen LogP contribution < -0.4 is 5.32 Å². The Balaban J connectivity index is 2.03. The second kappa shape index (κ2) is 4.51.